The molecule has 0 aromatic rings. The summed E-state index contributed by atoms with van der Waals surface area (Å²) in [5, 5.41) is 0. The number of rotatable bonds is 7. The van der Waals surface area contributed by atoms with Crippen LogP contribution in [0, 0.1) is 0 Å². The van der Waals surface area contributed by atoms with Crippen molar-refractivity contribution in [3.63, 3.8) is 0 Å². The number of sulfone groups is 1. The van der Waals surface area contributed by atoms with Gasteiger partial charge >= 0.3 is 0 Å². The summed E-state index contributed by atoms with van der Waals surface area (Å²) >= 11 is 0. The average molecular weight is 344 g/mol. The summed E-state index contributed by atoms with van der Waals surface area (Å²) in [6.45, 7) is 4.65. The second-order valence-electron chi connectivity index (χ2n) is 7.03. The Hall–Kier alpha value is -0.660. The zero-order valence-electron chi connectivity index (χ0n) is 13.9. The first kappa shape index (κ1) is 17.2. The molecule has 132 valence electrons. The Kier molecular flexibility index (Phi) is 5.28. The van der Waals surface area contributed by atoms with Crippen LogP contribution >= 0.6 is 0 Å². The number of carbonyl (C=O) groups excluding carboxylic acids is 1. The smallest absolute Gasteiger partial charge is 0.237 e. The zero-order chi connectivity index (χ0) is 16.4. The Morgan fingerprint density at radius 2 is 1.96 bits per heavy atom. The van der Waals surface area contributed by atoms with E-state index in [-0.39, 0.29) is 29.6 Å². The van der Waals surface area contributed by atoms with Crippen molar-refractivity contribution in [3.05, 3.63) is 0 Å². The largest absolute Gasteiger partial charge is 0.376 e. The number of amides is 1. The first-order chi connectivity index (χ1) is 11.0. The Balaban J connectivity index is 1.66. The first-order valence-corrected chi connectivity index (χ1v) is 10.7. The molecule has 0 N–H and O–H groups in total. The molecule has 0 radical (unpaired) electrons. The summed E-state index contributed by atoms with van der Waals surface area (Å²) in [4.78, 5) is 16.9. The van der Waals surface area contributed by atoms with Crippen molar-refractivity contribution in [3.8, 4) is 0 Å². The van der Waals surface area contributed by atoms with Crippen LogP contribution in [-0.2, 0) is 19.4 Å². The lowest BCUT2D eigenvalue weighted by Gasteiger charge is -2.32. The number of hydrogen-bond acceptors (Lipinski definition) is 5. The molecular weight excluding hydrogens is 316 g/mol. The van der Waals surface area contributed by atoms with Crippen LogP contribution in [0.15, 0.2) is 0 Å². The van der Waals surface area contributed by atoms with Crippen LogP contribution in [0.5, 0.6) is 0 Å². The quantitative estimate of drug-likeness (QED) is 0.679. The SMILES string of the molecule is CCN(CC(=O)N(C[C@H]1CCCO1)[C@H]1CCS(=O)(=O)C1)C1CC1. The fourth-order valence-corrected chi connectivity index (χ4v) is 5.42. The van der Waals surface area contributed by atoms with Crippen molar-refractivity contribution in [1.82, 2.24) is 9.80 Å². The van der Waals surface area contributed by atoms with Crippen molar-refractivity contribution in [2.24, 2.45) is 0 Å². The van der Waals surface area contributed by atoms with Crippen LogP contribution in [0.2, 0.25) is 0 Å². The number of carbonyl (C=O) groups is 1. The molecule has 2 aliphatic heterocycles. The summed E-state index contributed by atoms with van der Waals surface area (Å²) < 4.78 is 29.3. The lowest BCUT2D eigenvalue weighted by molar-refractivity contribution is -0.136. The highest BCUT2D eigenvalue weighted by atomic mass is 32.2. The van der Waals surface area contributed by atoms with E-state index < -0.39 is 9.84 Å². The van der Waals surface area contributed by atoms with Crippen molar-refractivity contribution < 1.29 is 17.9 Å². The predicted octanol–water partition coefficient (Wildman–Crippen LogP) is 0.665. The fourth-order valence-electron chi connectivity index (χ4n) is 3.69. The summed E-state index contributed by atoms with van der Waals surface area (Å²) in [5.41, 5.74) is 0. The molecule has 2 heterocycles. The molecule has 1 aliphatic carbocycles. The van der Waals surface area contributed by atoms with Gasteiger partial charge in [-0.05, 0) is 38.6 Å². The van der Waals surface area contributed by atoms with E-state index in [9.17, 15) is 13.2 Å². The Bertz CT molecular complexity index is 526. The standard InChI is InChI=1S/C16H28N2O4S/c1-2-17(13-5-6-13)11-16(19)18(10-15-4-3-8-22-15)14-7-9-23(20,21)12-14/h13-15H,2-12H2,1H3/t14-,15+/m0/s1. The van der Waals surface area contributed by atoms with Crippen LogP contribution in [-0.4, -0.2) is 80.1 Å². The average Bonchev–Trinajstić information content (AvgIpc) is 3.10. The maximum atomic E-state index is 12.9. The van der Waals surface area contributed by atoms with Gasteiger partial charge in [0.2, 0.25) is 5.91 Å². The molecule has 3 rings (SSSR count). The summed E-state index contributed by atoms with van der Waals surface area (Å²) in [6.07, 6.45) is 4.96. The van der Waals surface area contributed by atoms with E-state index in [1.54, 1.807) is 0 Å². The van der Waals surface area contributed by atoms with Gasteiger partial charge in [-0.2, -0.15) is 0 Å². The van der Waals surface area contributed by atoms with E-state index in [0.717, 1.165) is 26.0 Å². The highest BCUT2D eigenvalue weighted by Gasteiger charge is 2.38. The van der Waals surface area contributed by atoms with Crippen molar-refractivity contribution >= 4 is 15.7 Å². The number of ether oxygens (including phenoxy) is 1. The second-order valence-corrected chi connectivity index (χ2v) is 9.26. The van der Waals surface area contributed by atoms with E-state index in [2.05, 4.69) is 11.8 Å². The van der Waals surface area contributed by atoms with Crippen LogP contribution in [0.25, 0.3) is 0 Å². The van der Waals surface area contributed by atoms with Gasteiger partial charge in [-0.25, -0.2) is 8.42 Å². The molecule has 3 aliphatic rings. The predicted molar refractivity (Wildman–Crippen MR) is 88.0 cm³/mol. The van der Waals surface area contributed by atoms with Gasteiger partial charge in [0.05, 0.1) is 24.2 Å². The lowest BCUT2D eigenvalue weighted by atomic mass is 10.1. The normalized spacial score (nSPS) is 30.0. The second kappa shape index (κ2) is 7.07. The van der Waals surface area contributed by atoms with Gasteiger partial charge in [0, 0.05) is 25.2 Å². The minimum atomic E-state index is -2.99. The fraction of sp³-hybridized carbons (Fsp3) is 0.938. The third-order valence-electron chi connectivity index (χ3n) is 5.20. The lowest BCUT2D eigenvalue weighted by Crippen LogP contribution is -2.49. The van der Waals surface area contributed by atoms with Gasteiger partial charge in [0.25, 0.3) is 0 Å². The maximum Gasteiger partial charge on any atom is 0.237 e. The van der Waals surface area contributed by atoms with Gasteiger partial charge in [-0.15, -0.1) is 0 Å². The molecule has 0 aromatic heterocycles. The van der Waals surface area contributed by atoms with Gasteiger partial charge in [0.15, 0.2) is 9.84 Å². The topological polar surface area (TPSA) is 66.9 Å². The summed E-state index contributed by atoms with van der Waals surface area (Å²) in [7, 11) is -2.99. The number of nitrogens with zero attached hydrogens (tertiary/aromatic N) is 2. The Labute approximate surface area is 139 Å². The molecule has 2 saturated heterocycles. The van der Waals surface area contributed by atoms with Crippen LogP contribution in [0.4, 0.5) is 0 Å². The molecule has 7 heteroatoms. The van der Waals surface area contributed by atoms with Crippen LogP contribution in [0.3, 0.4) is 0 Å². The molecular formula is C16H28N2O4S. The molecule has 23 heavy (non-hydrogen) atoms. The maximum absolute atomic E-state index is 12.9. The molecule has 3 fully saturated rings. The van der Waals surface area contributed by atoms with E-state index in [1.807, 2.05) is 4.90 Å². The van der Waals surface area contributed by atoms with Gasteiger partial charge in [0.1, 0.15) is 0 Å². The highest BCUT2D eigenvalue weighted by Crippen LogP contribution is 2.27. The molecule has 0 unspecified atom stereocenters. The van der Waals surface area contributed by atoms with Crippen LogP contribution in [0.1, 0.15) is 39.0 Å². The minimum absolute atomic E-state index is 0.0661. The number of hydrogen-bond donors (Lipinski definition) is 0. The third kappa shape index (κ3) is 4.45. The summed E-state index contributed by atoms with van der Waals surface area (Å²) in [6, 6.07) is 0.371. The van der Waals surface area contributed by atoms with Gasteiger partial charge in [-0.1, -0.05) is 6.92 Å². The summed E-state index contributed by atoms with van der Waals surface area (Å²) in [5.74, 6) is 0.380. The molecule has 1 amide bonds. The first-order valence-electron chi connectivity index (χ1n) is 8.84. The van der Waals surface area contributed by atoms with Crippen molar-refractivity contribution in [1.29, 1.82) is 0 Å². The third-order valence-corrected chi connectivity index (χ3v) is 6.95. The molecule has 6 nitrogen and oxygen atoms in total. The number of likely N-dealkylation sites (N-methyl/N-ethyl adjacent to an activating group) is 1. The van der Waals surface area contributed by atoms with E-state index in [0.29, 0.717) is 25.6 Å². The van der Waals surface area contributed by atoms with E-state index >= 15 is 0 Å². The molecule has 2 atom stereocenters. The van der Waals surface area contributed by atoms with E-state index in [4.69, 9.17) is 4.74 Å². The van der Waals surface area contributed by atoms with Crippen LogP contribution < -0.4 is 0 Å². The monoisotopic (exact) mass is 344 g/mol. The molecule has 0 spiro atoms. The van der Waals surface area contributed by atoms with Crippen molar-refractivity contribution in [2.75, 3.05) is 37.7 Å². The van der Waals surface area contributed by atoms with Crippen molar-refractivity contribution in [2.45, 2.75) is 57.2 Å². The Morgan fingerprint density at radius 1 is 1.17 bits per heavy atom. The highest BCUT2D eigenvalue weighted by molar-refractivity contribution is 7.91. The molecule has 0 bridgehead atoms. The van der Waals surface area contributed by atoms with Gasteiger partial charge < -0.3 is 9.64 Å². The Morgan fingerprint density at radius 3 is 2.48 bits per heavy atom. The van der Waals surface area contributed by atoms with Gasteiger partial charge in [-0.3, -0.25) is 9.69 Å². The zero-order valence-corrected chi connectivity index (χ0v) is 14.8. The van der Waals surface area contributed by atoms with E-state index in [1.165, 1.54) is 12.8 Å². The molecule has 0 aromatic carbocycles. The molecule has 1 saturated carbocycles. The minimum Gasteiger partial charge on any atom is -0.376 e.